The van der Waals surface area contributed by atoms with E-state index in [0.717, 1.165) is 11.3 Å². The number of fused-ring (bicyclic) bond motifs is 3. The molecule has 2 heterocycles. The molecule has 0 radical (unpaired) electrons. The third-order valence-electron chi connectivity index (χ3n) is 4.32. The molecule has 0 unspecified atom stereocenters. The number of imidazole rings is 1. The summed E-state index contributed by atoms with van der Waals surface area (Å²) in [5, 5.41) is 11.1. The Bertz CT molecular complexity index is 1190. The van der Waals surface area contributed by atoms with E-state index in [-0.39, 0.29) is 11.2 Å². The first-order valence-corrected chi connectivity index (χ1v) is 7.84. The number of nitro groups is 1. The van der Waals surface area contributed by atoms with E-state index in [1.54, 1.807) is 22.1 Å². The number of benzene rings is 2. The SMILES string of the molecule is COc1ccc(Cn2c(=O)c3cncn3c3cc([N+](=O)[O-])ccc32)cc1. The van der Waals surface area contributed by atoms with Gasteiger partial charge in [0.15, 0.2) is 0 Å². The van der Waals surface area contributed by atoms with Crippen molar-refractivity contribution >= 4 is 22.2 Å². The Labute approximate surface area is 147 Å². The second kappa shape index (κ2) is 5.99. The van der Waals surface area contributed by atoms with Gasteiger partial charge in [0.2, 0.25) is 0 Å². The van der Waals surface area contributed by atoms with Gasteiger partial charge in [0, 0.05) is 12.1 Å². The maximum atomic E-state index is 12.9. The summed E-state index contributed by atoms with van der Waals surface area (Å²) in [5.41, 5.74) is 2.19. The molecule has 0 N–H and O–H groups in total. The lowest BCUT2D eigenvalue weighted by Gasteiger charge is -2.12. The van der Waals surface area contributed by atoms with Crippen LogP contribution in [0.2, 0.25) is 0 Å². The van der Waals surface area contributed by atoms with Crippen LogP contribution < -0.4 is 10.3 Å². The van der Waals surface area contributed by atoms with Crippen molar-refractivity contribution in [1.29, 1.82) is 0 Å². The molecule has 26 heavy (non-hydrogen) atoms. The number of nitro benzene ring substituents is 1. The van der Waals surface area contributed by atoms with Gasteiger partial charge >= 0.3 is 0 Å². The molecule has 0 saturated carbocycles. The van der Waals surface area contributed by atoms with Crippen LogP contribution in [0.3, 0.4) is 0 Å². The fraction of sp³-hybridized carbons (Fsp3) is 0.111. The predicted molar refractivity (Wildman–Crippen MR) is 95.7 cm³/mol. The van der Waals surface area contributed by atoms with Gasteiger partial charge in [-0.15, -0.1) is 0 Å². The van der Waals surface area contributed by atoms with Crippen molar-refractivity contribution in [1.82, 2.24) is 14.0 Å². The van der Waals surface area contributed by atoms with E-state index in [2.05, 4.69) is 4.98 Å². The zero-order valence-corrected chi connectivity index (χ0v) is 13.8. The highest BCUT2D eigenvalue weighted by Gasteiger charge is 2.15. The molecule has 0 aliphatic heterocycles. The van der Waals surface area contributed by atoms with Gasteiger partial charge in [-0.05, 0) is 23.8 Å². The molecule has 130 valence electrons. The van der Waals surface area contributed by atoms with Crippen molar-refractivity contribution in [2.45, 2.75) is 6.54 Å². The Hall–Kier alpha value is -3.68. The summed E-state index contributed by atoms with van der Waals surface area (Å²) >= 11 is 0. The topological polar surface area (TPSA) is 91.7 Å². The molecule has 0 saturated heterocycles. The Balaban J connectivity index is 1.95. The number of nitrogens with zero attached hydrogens (tertiary/aromatic N) is 4. The highest BCUT2D eigenvalue weighted by atomic mass is 16.6. The quantitative estimate of drug-likeness (QED) is 0.417. The van der Waals surface area contributed by atoms with Gasteiger partial charge in [-0.25, -0.2) is 4.98 Å². The second-order valence-electron chi connectivity index (χ2n) is 5.82. The van der Waals surface area contributed by atoms with E-state index in [9.17, 15) is 14.9 Å². The zero-order chi connectivity index (χ0) is 18.3. The number of rotatable bonds is 4. The third kappa shape index (κ3) is 2.48. The van der Waals surface area contributed by atoms with Gasteiger partial charge in [0.1, 0.15) is 11.3 Å². The lowest BCUT2D eigenvalue weighted by Crippen LogP contribution is -2.23. The predicted octanol–water partition coefficient (Wildman–Crippen LogP) is 2.61. The summed E-state index contributed by atoms with van der Waals surface area (Å²) in [6, 6.07) is 11.8. The van der Waals surface area contributed by atoms with E-state index in [1.807, 2.05) is 24.3 Å². The minimum atomic E-state index is -0.457. The van der Waals surface area contributed by atoms with Crippen LogP contribution in [0.4, 0.5) is 5.69 Å². The van der Waals surface area contributed by atoms with Gasteiger partial charge in [-0.3, -0.25) is 19.3 Å². The van der Waals surface area contributed by atoms with Gasteiger partial charge in [-0.1, -0.05) is 12.1 Å². The average Bonchev–Trinajstić information content (AvgIpc) is 3.15. The molecular formula is C18H14N4O4. The summed E-state index contributed by atoms with van der Waals surface area (Å²) in [7, 11) is 1.59. The number of methoxy groups -OCH3 is 1. The molecule has 8 nitrogen and oxygen atoms in total. The van der Waals surface area contributed by atoms with Crippen molar-refractivity contribution in [3.8, 4) is 5.75 Å². The molecule has 0 spiro atoms. The maximum absolute atomic E-state index is 12.9. The standard InChI is InChI=1S/C18H14N4O4/c1-26-14-5-2-12(3-6-14)10-20-15-7-4-13(22(24)25)8-16(15)21-11-19-9-17(21)18(20)23/h2-9,11H,10H2,1H3. The molecule has 0 aliphatic carbocycles. The molecule has 2 aromatic heterocycles. The molecule has 0 aliphatic rings. The molecular weight excluding hydrogens is 336 g/mol. The van der Waals surface area contributed by atoms with Crippen LogP contribution in [0.5, 0.6) is 5.75 Å². The molecule has 0 fully saturated rings. The van der Waals surface area contributed by atoms with Crippen molar-refractivity contribution in [2.24, 2.45) is 0 Å². The normalized spacial score (nSPS) is 11.1. The van der Waals surface area contributed by atoms with E-state index in [4.69, 9.17) is 4.74 Å². The Kier molecular flexibility index (Phi) is 3.65. The minimum absolute atomic E-state index is 0.0397. The highest BCUT2D eigenvalue weighted by Crippen LogP contribution is 2.22. The van der Waals surface area contributed by atoms with Crippen LogP contribution in [-0.4, -0.2) is 26.0 Å². The van der Waals surface area contributed by atoms with Crippen molar-refractivity contribution in [3.05, 3.63) is 81.0 Å². The molecule has 0 atom stereocenters. The zero-order valence-electron chi connectivity index (χ0n) is 13.8. The number of ether oxygens (including phenoxy) is 1. The first-order chi connectivity index (χ1) is 12.6. The summed E-state index contributed by atoms with van der Waals surface area (Å²) in [6.07, 6.45) is 2.95. The van der Waals surface area contributed by atoms with E-state index in [1.165, 1.54) is 24.7 Å². The molecule has 0 bridgehead atoms. The minimum Gasteiger partial charge on any atom is -0.497 e. The highest BCUT2D eigenvalue weighted by molar-refractivity contribution is 5.81. The second-order valence-corrected chi connectivity index (χ2v) is 5.82. The summed E-state index contributed by atoms with van der Waals surface area (Å²) < 4.78 is 8.33. The van der Waals surface area contributed by atoms with Crippen LogP contribution in [0.1, 0.15) is 5.56 Å². The number of aromatic nitrogens is 3. The first-order valence-electron chi connectivity index (χ1n) is 7.84. The number of hydrogen-bond donors (Lipinski definition) is 0. The fourth-order valence-electron chi connectivity index (χ4n) is 3.01. The molecule has 8 heteroatoms. The molecule has 2 aromatic carbocycles. The lowest BCUT2D eigenvalue weighted by atomic mass is 10.2. The number of non-ortho nitro benzene ring substituents is 1. The lowest BCUT2D eigenvalue weighted by molar-refractivity contribution is -0.384. The van der Waals surface area contributed by atoms with Gasteiger partial charge < -0.3 is 9.30 Å². The van der Waals surface area contributed by atoms with Crippen LogP contribution in [-0.2, 0) is 6.54 Å². The van der Waals surface area contributed by atoms with Crippen molar-refractivity contribution in [2.75, 3.05) is 7.11 Å². The molecule has 4 aromatic rings. The van der Waals surface area contributed by atoms with Gasteiger partial charge in [0.05, 0.1) is 42.1 Å². The van der Waals surface area contributed by atoms with Gasteiger partial charge in [0.25, 0.3) is 11.2 Å². The maximum Gasteiger partial charge on any atom is 0.277 e. The van der Waals surface area contributed by atoms with Crippen LogP contribution in [0, 0.1) is 10.1 Å². The van der Waals surface area contributed by atoms with E-state index in [0.29, 0.717) is 23.1 Å². The average molecular weight is 350 g/mol. The van der Waals surface area contributed by atoms with Gasteiger partial charge in [-0.2, -0.15) is 0 Å². The largest absolute Gasteiger partial charge is 0.497 e. The summed E-state index contributed by atoms with van der Waals surface area (Å²) in [4.78, 5) is 27.6. The fourth-order valence-corrected chi connectivity index (χ4v) is 3.01. The first kappa shape index (κ1) is 15.8. The van der Waals surface area contributed by atoms with Crippen LogP contribution in [0.15, 0.2) is 59.8 Å². The Morgan fingerprint density at radius 3 is 2.58 bits per heavy atom. The summed E-state index contributed by atoms with van der Waals surface area (Å²) in [6.45, 7) is 0.332. The Morgan fingerprint density at radius 1 is 1.12 bits per heavy atom. The molecule has 0 amide bonds. The van der Waals surface area contributed by atoms with Crippen LogP contribution >= 0.6 is 0 Å². The van der Waals surface area contributed by atoms with E-state index >= 15 is 0 Å². The molecule has 4 rings (SSSR count). The van der Waals surface area contributed by atoms with Crippen molar-refractivity contribution < 1.29 is 9.66 Å². The van der Waals surface area contributed by atoms with E-state index < -0.39 is 4.92 Å². The smallest absolute Gasteiger partial charge is 0.277 e. The monoisotopic (exact) mass is 350 g/mol. The Morgan fingerprint density at radius 2 is 1.88 bits per heavy atom. The van der Waals surface area contributed by atoms with Crippen molar-refractivity contribution in [3.63, 3.8) is 0 Å². The third-order valence-corrected chi connectivity index (χ3v) is 4.32. The number of hydrogen-bond acceptors (Lipinski definition) is 5. The summed E-state index contributed by atoms with van der Waals surface area (Å²) in [5.74, 6) is 0.729. The van der Waals surface area contributed by atoms with Crippen LogP contribution in [0.25, 0.3) is 16.6 Å².